The smallest absolute Gasteiger partial charge is 0.410 e. The lowest BCUT2D eigenvalue weighted by molar-refractivity contribution is -0.131. The first-order valence-corrected chi connectivity index (χ1v) is 9.50. The van der Waals surface area contributed by atoms with Gasteiger partial charge >= 0.3 is 12.1 Å². The number of carbonyl (C=O) groups excluding carboxylic acids is 1. The molecule has 2 aliphatic heterocycles. The summed E-state index contributed by atoms with van der Waals surface area (Å²) in [6.07, 6.45) is 7.50. The molecule has 0 radical (unpaired) electrons. The highest BCUT2D eigenvalue weighted by Crippen LogP contribution is 2.31. The van der Waals surface area contributed by atoms with E-state index in [2.05, 4.69) is 6.08 Å². The highest BCUT2D eigenvalue weighted by Gasteiger charge is 2.26. The molecule has 0 bridgehead atoms. The van der Waals surface area contributed by atoms with Crippen molar-refractivity contribution in [2.24, 2.45) is 5.92 Å². The molecule has 0 unspecified atom stereocenters. The number of piperidine rings is 1. The second-order valence-corrected chi connectivity index (χ2v) is 8.38. The zero-order valence-electron chi connectivity index (χ0n) is 14.7. The van der Waals surface area contributed by atoms with Crippen molar-refractivity contribution >= 4 is 23.8 Å². The van der Waals surface area contributed by atoms with Crippen LogP contribution in [0.2, 0.25) is 0 Å². The highest BCUT2D eigenvalue weighted by atomic mass is 32.2. The predicted octanol–water partition coefficient (Wildman–Crippen LogP) is 4.06. The van der Waals surface area contributed by atoms with Crippen LogP contribution in [0, 0.1) is 5.92 Å². The molecule has 1 fully saturated rings. The molecule has 134 valence electrons. The Morgan fingerprint density at radius 1 is 1.29 bits per heavy atom. The van der Waals surface area contributed by atoms with Crippen molar-refractivity contribution in [1.82, 2.24) is 4.90 Å². The number of hydrogen-bond acceptors (Lipinski definition) is 4. The summed E-state index contributed by atoms with van der Waals surface area (Å²) in [6, 6.07) is 0. The fourth-order valence-electron chi connectivity index (χ4n) is 2.85. The summed E-state index contributed by atoms with van der Waals surface area (Å²) in [4.78, 5) is 25.6. The van der Waals surface area contributed by atoms with Gasteiger partial charge in [-0.25, -0.2) is 9.59 Å². The Kier molecular flexibility index (Phi) is 6.38. The average Bonchev–Trinajstić information content (AvgIpc) is 2.52. The number of allylic oxidation sites excluding steroid dienone is 3. The van der Waals surface area contributed by atoms with Crippen LogP contribution in [0.3, 0.4) is 0 Å². The summed E-state index contributed by atoms with van der Waals surface area (Å²) in [7, 11) is 0. The summed E-state index contributed by atoms with van der Waals surface area (Å²) in [5, 5.41) is 9.26. The Balaban J connectivity index is 1.88. The van der Waals surface area contributed by atoms with E-state index in [-0.39, 0.29) is 6.09 Å². The number of carbonyl (C=O) groups is 2. The van der Waals surface area contributed by atoms with E-state index in [4.69, 9.17) is 4.74 Å². The van der Waals surface area contributed by atoms with Gasteiger partial charge in [0.1, 0.15) is 5.60 Å². The van der Waals surface area contributed by atoms with Crippen LogP contribution >= 0.6 is 11.8 Å². The van der Waals surface area contributed by atoms with Crippen LogP contribution in [0.25, 0.3) is 0 Å². The molecule has 0 aromatic rings. The molecule has 2 heterocycles. The Labute approximate surface area is 148 Å². The molecule has 2 aliphatic rings. The third kappa shape index (κ3) is 5.58. The predicted molar refractivity (Wildman–Crippen MR) is 96.0 cm³/mol. The molecule has 0 spiro atoms. The van der Waals surface area contributed by atoms with E-state index < -0.39 is 11.6 Å². The number of carboxylic acids is 1. The normalized spacial score (nSPS) is 20.5. The minimum atomic E-state index is -0.820. The van der Waals surface area contributed by atoms with Crippen molar-refractivity contribution in [2.75, 3.05) is 18.8 Å². The quantitative estimate of drug-likeness (QED) is 0.829. The van der Waals surface area contributed by atoms with Gasteiger partial charge in [0.15, 0.2) is 0 Å². The number of carboxylic acid groups (broad SMARTS) is 1. The topological polar surface area (TPSA) is 66.8 Å². The molecular weight excluding hydrogens is 326 g/mol. The summed E-state index contributed by atoms with van der Waals surface area (Å²) in [6.45, 7) is 6.98. The lowest BCUT2D eigenvalue weighted by Crippen LogP contribution is -2.41. The van der Waals surface area contributed by atoms with Gasteiger partial charge in [-0.3, -0.25) is 0 Å². The molecule has 1 N–H and O–H groups in total. The fraction of sp³-hybridized carbons (Fsp3) is 0.667. The van der Waals surface area contributed by atoms with E-state index in [1.165, 1.54) is 11.8 Å². The van der Waals surface area contributed by atoms with Crippen LogP contribution in [0.4, 0.5) is 4.79 Å². The standard InChI is InChI=1S/C18H27NO4S/c1-18(2,3)23-17(22)19-10-8-13(9-11-19)6-7-14-5-4-12-24-15(14)16(20)21/h6-7,13H,4-5,8-12H2,1-3H3,(H,20,21)/b7-6+. The van der Waals surface area contributed by atoms with Gasteiger partial charge < -0.3 is 14.7 Å². The van der Waals surface area contributed by atoms with Gasteiger partial charge in [0, 0.05) is 13.1 Å². The number of rotatable bonds is 3. The van der Waals surface area contributed by atoms with E-state index in [9.17, 15) is 14.7 Å². The van der Waals surface area contributed by atoms with E-state index in [0.29, 0.717) is 23.9 Å². The van der Waals surface area contributed by atoms with Gasteiger partial charge in [-0.2, -0.15) is 0 Å². The lowest BCUT2D eigenvalue weighted by atomic mass is 9.95. The molecular formula is C18H27NO4S. The molecule has 0 aromatic carbocycles. The molecule has 6 heteroatoms. The van der Waals surface area contributed by atoms with Crippen LogP contribution < -0.4 is 0 Å². The van der Waals surface area contributed by atoms with Crippen molar-refractivity contribution in [1.29, 1.82) is 0 Å². The SMILES string of the molecule is CC(C)(C)OC(=O)N1CCC(/C=C/C2=C(C(=O)O)SCCC2)CC1. The monoisotopic (exact) mass is 353 g/mol. The Morgan fingerprint density at radius 2 is 1.96 bits per heavy atom. The van der Waals surface area contributed by atoms with Crippen LogP contribution in [0.5, 0.6) is 0 Å². The number of likely N-dealkylation sites (tertiary alicyclic amines) is 1. The van der Waals surface area contributed by atoms with Crippen molar-refractivity contribution in [3.8, 4) is 0 Å². The van der Waals surface area contributed by atoms with E-state index >= 15 is 0 Å². The van der Waals surface area contributed by atoms with E-state index in [1.807, 2.05) is 26.8 Å². The Bertz CT molecular complexity index is 540. The second-order valence-electron chi connectivity index (χ2n) is 7.28. The van der Waals surface area contributed by atoms with Gasteiger partial charge in [0.05, 0.1) is 4.91 Å². The molecule has 0 saturated carbocycles. The minimum absolute atomic E-state index is 0.246. The van der Waals surface area contributed by atoms with E-state index in [0.717, 1.165) is 37.0 Å². The summed E-state index contributed by atoms with van der Waals surface area (Å²) in [5.74, 6) is 0.449. The maximum Gasteiger partial charge on any atom is 0.410 e. The first kappa shape index (κ1) is 18.9. The van der Waals surface area contributed by atoms with Crippen LogP contribution in [-0.4, -0.2) is 46.5 Å². The first-order valence-electron chi connectivity index (χ1n) is 8.51. The van der Waals surface area contributed by atoms with Gasteiger partial charge in [-0.1, -0.05) is 12.2 Å². The Morgan fingerprint density at radius 3 is 2.54 bits per heavy atom. The van der Waals surface area contributed by atoms with Crippen molar-refractivity contribution < 1.29 is 19.4 Å². The van der Waals surface area contributed by atoms with Crippen molar-refractivity contribution in [3.05, 3.63) is 22.6 Å². The number of amides is 1. The molecule has 0 aromatic heterocycles. The number of hydrogen-bond donors (Lipinski definition) is 1. The zero-order chi connectivity index (χ0) is 17.7. The van der Waals surface area contributed by atoms with Gasteiger partial charge in [-0.15, -0.1) is 11.8 Å². The third-order valence-corrected chi connectivity index (χ3v) is 5.30. The summed E-state index contributed by atoms with van der Waals surface area (Å²) >= 11 is 1.43. The molecule has 1 amide bonds. The van der Waals surface area contributed by atoms with Crippen LogP contribution in [0.1, 0.15) is 46.5 Å². The van der Waals surface area contributed by atoms with Crippen molar-refractivity contribution in [3.63, 3.8) is 0 Å². The highest BCUT2D eigenvalue weighted by molar-refractivity contribution is 8.04. The van der Waals surface area contributed by atoms with Crippen LogP contribution in [0.15, 0.2) is 22.6 Å². The number of nitrogens with zero attached hydrogens (tertiary/aromatic N) is 1. The van der Waals surface area contributed by atoms with Crippen LogP contribution in [-0.2, 0) is 9.53 Å². The summed E-state index contributed by atoms with van der Waals surface area (Å²) < 4.78 is 5.40. The number of ether oxygens (including phenoxy) is 1. The average molecular weight is 353 g/mol. The molecule has 24 heavy (non-hydrogen) atoms. The minimum Gasteiger partial charge on any atom is -0.477 e. The maximum absolute atomic E-state index is 12.1. The largest absolute Gasteiger partial charge is 0.477 e. The Hall–Kier alpha value is -1.43. The van der Waals surface area contributed by atoms with Gasteiger partial charge in [0.2, 0.25) is 0 Å². The molecule has 5 nitrogen and oxygen atoms in total. The van der Waals surface area contributed by atoms with E-state index in [1.54, 1.807) is 4.90 Å². The first-order chi connectivity index (χ1) is 11.3. The van der Waals surface area contributed by atoms with Gasteiger partial charge in [-0.05, 0) is 63.7 Å². The number of aliphatic carboxylic acids is 1. The molecule has 2 rings (SSSR count). The number of thioether (sulfide) groups is 1. The fourth-order valence-corrected chi connectivity index (χ4v) is 3.83. The lowest BCUT2D eigenvalue weighted by Gasteiger charge is -2.32. The summed E-state index contributed by atoms with van der Waals surface area (Å²) in [5.41, 5.74) is 0.472. The molecule has 1 saturated heterocycles. The maximum atomic E-state index is 12.1. The van der Waals surface area contributed by atoms with Crippen molar-refractivity contribution in [2.45, 2.75) is 52.1 Å². The van der Waals surface area contributed by atoms with Gasteiger partial charge in [0.25, 0.3) is 0 Å². The molecule has 0 aliphatic carbocycles. The second kappa shape index (κ2) is 8.10. The molecule has 0 atom stereocenters. The third-order valence-electron chi connectivity index (χ3n) is 4.08. The zero-order valence-corrected chi connectivity index (χ0v) is 15.5.